The minimum atomic E-state index is -4.77. The van der Waals surface area contributed by atoms with Crippen molar-refractivity contribution < 1.29 is 27.1 Å². The van der Waals surface area contributed by atoms with E-state index in [1.807, 2.05) is 0 Å². The Hall–Kier alpha value is -2.77. The summed E-state index contributed by atoms with van der Waals surface area (Å²) < 4.78 is 52.4. The van der Waals surface area contributed by atoms with E-state index in [1.165, 1.54) is 36.4 Å². The maximum atomic E-state index is 12.7. The highest BCUT2D eigenvalue weighted by Crippen LogP contribution is 2.24. The van der Waals surface area contributed by atoms with Gasteiger partial charge in [0.1, 0.15) is 11.6 Å². The van der Waals surface area contributed by atoms with Crippen molar-refractivity contribution in [1.29, 1.82) is 0 Å². The van der Waals surface area contributed by atoms with Crippen molar-refractivity contribution in [3.8, 4) is 5.75 Å². The van der Waals surface area contributed by atoms with Crippen LogP contribution in [0.4, 0.5) is 33.7 Å². The molecule has 0 aliphatic rings. The topological polar surface area (TPSA) is 50.4 Å². The first-order valence-corrected chi connectivity index (χ1v) is 6.01. The zero-order valence-corrected chi connectivity index (χ0v) is 10.9. The van der Waals surface area contributed by atoms with Crippen molar-refractivity contribution in [1.82, 2.24) is 0 Å². The number of amides is 2. The van der Waals surface area contributed by atoms with E-state index in [-0.39, 0.29) is 5.69 Å². The highest BCUT2D eigenvalue weighted by Gasteiger charge is 2.30. The lowest BCUT2D eigenvalue weighted by atomic mass is 10.3. The molecule has 0 saturated heterocycles. The van der Waals surface area contributed by atoms with Crippen molar-refractivity contribution in [3.63, 3.8) is 0 Å². The number of nitrogens with one attached hydrogen (secondary N) is 2. The molecule has 0 heterocycles. The van der Waals surface area contributed by atoms with Crippen molar-refractivity contribution in [2.24, 2.45) is 0 Å². The van der Waals surface area contributed by atoms with Gasteiger partial charge in [-0.1, -0.05) is 0 Å². The summed E-state index contributed by atoms with van der Waals surface area (Å²) in [7, 11) is 0. The number of alkyl halides is 3. The van der Waals surface area contributed by atoms with E-state index in [2.05, 4.69) is 15.4 Å². The van der Waals surface area contributed by atoms with E-state index >= 15 is 0 Å². The average molecular weight is 314 g/mol. The second-order valence-corrected chi connectivity index (χ2v) is 4.16. The summed E-state index contributed by atoms with van der Waals surface area (Å²) in [6.07, 6.45) is -4.77. The monoisotopic (exact) mass is 314 g/mol. The first-order chi connectivity index (χ1) is 10.3. The normalized spacial score (nSPS) is 10.9. The van der Waals surface area contributed by atoms with Crippen molar-refractivity contribution in [2.45, 2.75) is 6.36 Å². The Morgan fingerprint density at radius 1 is 0.864 bits per heavy atom. The number of rotatable bonds is 3. The molecule has 0 fully saturated rings. The van der Waals surface area contributed by atoms with Crippen LogP contribution in [0.5, 0.6) is 5.75 Å². The molecule has 2 N–H and O–H groups in total. The van der Waals surface area contributed by atoms with Crippen LogP contribution in [0, 0.1) is 5.82 Å². The van der Waals surface area contributed by atoms with E-state index in [0.29, 0.717) is 5.69 Å². The van der Waals surface area contributed by atoms with Gasteiger partial charge in [-0.25, -0.2) is 9.18 Å². The predicted molar refractivity (Wildman–Crippen MR) is 72.2 cm³/mol. The third kappa shape index (κ3) is 4.97. The molecule has 2 rings (SSSR count). The van der Waals surface area contributed by atoms with Gasteiger partial charge in [-0.3, -0.25) is 0 Å². The molecular weight excluding hydrogens is 304 g/mol. The van der Waals surface area contributed by atoms with Crippen molar-refractivity contribution >= 4 is 17.4 Å². The first kappa shape index (κ1) is 15.6. The summed E-state index contributed by atoms with van der Waals surface area (Å²) in [5.74, 6) is -0.830. The average Bonchev–Trinajstić information content (AvgIpc) is 2.42. The molecule has 0 saturated carbocycles. The molecule has 22 heavy (non-hydrogen) atoms. The third-order valence-corrected chi connectivity index (χ3v) is 2.45. The summed E-state index contributed by atoms with van der Waals surface area (Å²) in [4.78, 5) is 11.7. The lowest BCUT2D eigenvalue weighted by Gasteiger charge is -2.10. The summed E-state index contributed by atoms with van der Waals surface area (Å²) in [5, 5.41) is 4.86. The van der Waals surface area contributed by atoms with Crippen LogP contribution in [0.3, 0.4) is 0 Å². The number of hydrogen-bond acceptors (Lipinski definition) is 2. The van der Waals surface area contributed by atoms with Gasteiger partial charge in [0.25, 0.3) is 0 Å². The van der Waals surface area contributed by atoms with Gasteiger partial charge in [-0.15, -0.1) is 13.2 Å². The Morgan fingerprint density at radius 2 is 1.32 bits per heavy atom. The number of halogens is 4. The van der Waals surface area contributed by atoms with E-state index in [0.717, 1.165) is 12.1 Å². The molecule has 116 valence electrons. The quantitative estimate of drug-likeness (QED) is 0.827. The van der Waals surface area contributed by atoms with Gasteiger partial charge in [-0.2, -0.15) is 0 Å². The molecule has 0 bridgehead atoms. The largest absolute Gasteiger partial charge is 0.573 e. The maximum absolute atomic E-state index is 12.7. The Morgan fingerprint density at radius 3 is 1.77 bits per heavy atom. The van der Waals surface area contributed by atoms with Gasteiger partial charge < -0.3 is 15.4 Å². The maximum Gasteiger partial charge on any atom is 0.573 e. The van der Waals surface area contributed by atoms with E-state index in [9.17, 15) is 22.4 Å². The highest BCUT2D eigenvalue weighted by atomic mass is 19.4. The van der Waals surface area contributed by atoms with Crippen molar-refractivity contribution in [2.75, 3.05) is 10.6 Å². The fourth-order valence-corrected chi connectivity index (χ4v) is 1.57. The standard InChI is InChI=1S/C14H10F4N2O2/c15-9-1-3-10(4-2-9)19-13(21)20-11-5-7-12(8-6-11)22-14(16,17)18/h1-8H,(H2,19,20,21). The predicted octanol–water partition coefficient (Wildman–Crippen LogP) is 4.37. The fourth-order valence-electron chi connectivity index (χ4n) is 1.57. The van der Waals surface area contributed by atoms with Crippen LogP contribution in [0.15, 0.2) is 48.5 Å². The van der Waals surface area contributed by atoms with E-state index in [1.54, 1.807) is 0 Å². The number of ether oxygens (including phenoxy) is 1. The Labute approximate surface area is 122 Å². The molecule has 2 aromatic carbocycles. The van der Waals surface area contributed by atoms with Gasteiger partial charge in [0, 0.05) is 11.4 Å². The Balaban J connectivity index is 1.93. The van der Waals surface area contributed by atoms with Gasteiger partial charge >= 0.3 is 12.4 Å². The lowest BCUT2D eigenvalue weighted by Crippen LogP contribution is -2.19. The molecule has 0 unspecified atom stereocenters. The molecule has 0 atom stereocenters. The smallest absolute Gasteiger partial charge is 0.406 e. The first-order valence-electron chi connectivity index (χ1n) is 6.01. The summed E-state index contributed by atoms with van der Waals surface area (Å²) in [6, 6.07) is 9.14. The van der Waals surface area contributed by atoms with Gasteiger partial charge in [0.15, 0.2) is 0 Å². The van der Waals surface area contributed by atoms with Crippen LogP contribution < -0.4 is 15.4 Å². The number of carbonyl (C=O) groups is 1. The zero-order valence-electron chi connectivity index (χ0n) is 10.9. The van der Waals surface area contributed by atoms with Crippen molar-refractivity contribution in [3.05, 3.63) is 54.3 Å². The van der Waals surface area contributed by atoms with Crippen LogP contribution in [0.1, 0.15) is 0 Å². The molecule has 0 aromatic heterocycles. The molecule has 0 spiro atoms. The number of anilines is 2. The molecule has 4 nitrogen and oxygen atoms in total. The number of carbonyl (C=O) groups excluding carboxylic acids is 1. The van der Waals surface area contributed by atoms with Crippen LogP contribution in [-0.2, 0) is 0 Å². The number of urea groups is 1. The van der Waals surface area contributed by atoms with Crippen LogP contribution in [-0.4, -0.2) is 12.4 Å². The molecule has 0 radical (unpaired) electrons. The van der Waals surface area contributed by atoms with Crippen LogP contribution >= 0.6 is 0 Å². The molecule has 0 aliphatic heterocycles. The zero-order chi connectivity index (χ0) is 16.2. The summed E-state index contributed by atoms with van der Waals surface area (Å²) in [5.41, 5.74) is 0.644. The lowest BCUT2D eigenvalue weighted by molar-refractivity contribution is -0.274. The Bertz CT molecular complexity index is 639. The minimum absolute atomic E-state index is 0.272. The minimum Gasteiger partial charge on any atom is -0.406 e. The molecule has 2 aromatic rings. The second-order valence-electron chi connectivity index (χ2n) is 4.16. The number of benzene rings is 2. The summed E-state index contributed by atoms with van der Waals surface area (Å²) in [6.45, 7) is 0. The van der Waals surface area contributed by atoms with E-state index in [4.69, 9.17) is 0 Å². The molecule has 8 heteroatoms. The van der Waals surface area contributed by atoms with Crippen LogP contribution in [0.2, 0.25) is 0 Å². The molecule has 2 amide bonds. The fraction of sp³-hybridized carbons (Fsp3) is 0.0714. The second kappa shape index (κ2) is 6.33. The third-order valence-electron chi connectivity index (χ3n) is 2.45. The van der Waals surface area contributed by atoms with Gasteiger partial charge in [0.2, 0.25) is 0 Å². The summed E-state index contributed by atoms with van der Waals surface area (Å²) >= 11 is 0. The van der Waals surface area contributed by atoms with Gasteiger partial charge in [-0.05, 0) is 48.5 Å². The molecular formula is C14H10F4N2O2. The van der Waals surface area contributed by atoms with Gasteiger partial charge in [0.05, 0.1) is 0 Å². The van der Waals surface area contributed by atoms with Crippen LogP contribution in [0.25, 0.3) is 0 Å². The SMILES string of the molecule is O=C(Nc1ccc(F)cc1)Nc1ccc(OC(F)(F)F)cc1. The Kier molecular flexibility index (Phi) is 4.50. The highest BCUT2D eigenvalue weighted by molar-refractivity contribution is 5.99. The van der Waals surface area contributed by atoms with E-state index < -0.39 is 24.0 Å². The number of hydrogen-bond donors (Lipinski definition) is 2. The molecule has 0 aliphatic carbocycles.